The molecule has 1 aliphatic rings. The van der Waals surface area contributed by atoms with E-state index in [1.165, 1.54) is 41.3 Å². The molecule has 1 fully saturated rings. The van der Waals surface area contributed by atoms with Gasteiger partial charge in [0.1, 0.15) is 11.6 Å². The van der Waals surface area contributed by atoms with Gasteiger partial charge in [-0.05, 0) is 60.0 Å². The zero-order valence-corrected chi connectivity index (χ0v) is 18.8. The van der Waals surface area contributed by atoms with Crippen LogP contribution in [-0.4, -0.2) is 38.1 Å². The number of hydrogen-bond donors (Lipinski definition) is 2. The molecule has 4 aromatic rings. The number of ketones is 1. The smallest absolute Gasteiger partial charge is 0.295 e. The number of aliphatic hydroxyl groups excluding tert-OH is 1. The summed E-state index contributed by atoms with van der Waals surface area (Å²) in [6, 6.07) is 17.1. The lowest BCUT2D eigenvalue weighted by atomic mass is 9.95. The predicted molar refractivity (Wildman–Crippen MR) is 131 cm³/mol. The highest BCUT2D eigenvalue weighted by Gasteiger charge is 2.46. The minimum Gasteiger partial charge on any atom is -0.507 e. The van der Waals surface area contributed by atoms with Crippen molar-refractivity contribution in [2.75, 3.05) is 6.54 Å². The van der Waals surface area contributed by atoms with Crippen molar-refractivity contribution < 1.29 is 24.0 Å². The lowest BCUT2D eigenvalue weighted by Crippen LogP contribution is -2.31. The van der Waals surface area contributed by atoms with Gasteiger partial charge in [-0.25, -0.2) is 4.39 Å². The summed E-state index contributed by atoms with van der Waals surface area (Å²) in [7, 11) is 0. The highest BCUT2D eigenvalue weighted by molar-refractivity contribution is 6.46. The molecule has 2 heterocycles. The standard InChI is InChI=1S/C27H20FN3O5/c28-19-9-5-17(6-10-19)25(32)23-24(16-7-11-20(12-8-16)31(35)36)30(27(34)26(23)33)14-13-18-15-29-22-4-2-1-3-21(18)22/h1-12,15,24,29,32H,13-14H2/t24-/m0/s1. The Morgan fingerprint density at radius 1 is 1.03 bits per heavy atom. The number of nitro groups is 1. The number of para-hydroxylation sites is 1. The van der Waals surface area contributed by atoms with E-state index < -0.39 is 34.2 Å². The van der Waals surface area contributed by atoms with E-state index in [0.717, 1.165) is 28.6 Å². The number of rotatable bonds is 6. The summed E-state index contributed by atoms with van der Waals surface area (Å²) in [4.78, 5) is 41.4. The molecule has 2 N–H and O–H groups in total. The molecule has 0 spiro atoms. The van der Waals surface area contributed by atoms with Gasteiger partial charge in [-0.2, -0.15) is 0 Å². The monoisotopic (exact) mass is 485 g/mol. The van der Waals surface area contributed by atoms with Crippen LogP contribution in [0.5, 0.6) is 0 Å². The second kappa shape index (κ2) is 9.10. The van der Waals surface area contributed by atoms with Gasteiger partial charge in [0.05, 0.1) is 16.5 Å². The highest BCUT2D eigenvalue weighted by Crippen LogP contribution is 2.40. The molecule has 1 atom stereocenters. The van der Waals surface area contributed by atoms with Crippen LogP contribution in [0.3, 0.4) is 0 Å². The molecular formula is C27H20FN3O5. The third-order valence-corrected chi connectivity index (χ3v) is 6.37. The number of amides is 1. The maximum Gasteiger partial charge on any atom is 0.295 e. The van der Waals surface area contributed by atoms with Crippen LogP contribution < -0.4 is 0 Å². The SMILES string of the molecule is O=C1C(=O)N(CCc2c[nH]c3ccccc23)[C@@H](c2ccc([N+](=O)[O-])cc2)C1=C(O)c1ccc(F)cc1. The van der Waals surface area contributed by atoms with Crippen LogP contribution in [0, 0.1) is 15.9 Å². The van der Waals surface area contributed by atoms with Crippen molar-refractivity contribution in [3.05, 3.63) is 117 Å². The van der Waals surface area contributed by atoms with Gasteiger partial charge in [0.2, 0.25) is 0 Å². The number of carbonyl (C=O) groups excluding carboxylic acids is 2. The van der Waals surface area contributed by atoms with E-state index >= 15 is 0 Å². The summed E-state index contributed by atoms with van der Waals surface area (Å²) in [6.45, 7) is 0.161. The van der Waals surface area contributed by atoms with Crippen LogP contribution in [0.25, 0.3) is 16.7 Å². The number of nitrogens with zero attached hydrogens (tertiary/aromatic N) is 2. The van der Waals surface area contributed by atoms with Crippen LogP contribution in [0.15, 0.2) is 84.6 Å². The summed E-state index contributed by atoms with van der Waals surface area (Å²) < 4.78 is 13.4. The van der Waals surface area contributed by atoms with Crippen molar-refractivity contribution in [1.29, 1.82) is 0 Å². The Labute approximate surface area is 204 Å². The Kier molecular flexibility index (Phi) is 5.81. The van der Waals surface area contributed by atoms with Gasteiger partial charge in [-0.1, -0.05) is 18.2 Å². The number of aliphatic hydroxyl groups is 1. The number of benzene rings is 3. The quantitative estimate of drug-likeness (QED) is 0.133. The van der Waals surface area contributed by atoms with Crippen LogP contribution in [0.2, 0.25) is 0 Å². The number of aromatic nitrogens is 1. The molecule has 0 radical (unpaired) electrons. The highest BCUT2D eigenvalue weighted by atomic mass is 19.1. The van der Waals surface area contributed by atoms with Crippen molar-refractivity contribution in [2.45, 2.75) is 12.5 Å². The van der Waals surface area contributed by atoms with Gasteiger partial charge in [-0.3, -0.25) is 19.7 Å². The van der Waals surface area contributed by atoms with Crippen molar-refractivity contribution in [1.82, 2.24) is 9.88 Å². The number of likely N-dealkylation sites (tertiary alicyclic amines) is 1. The molecule has 1 aromatic heterocycles. The van der Waals surface area contributed by atoms with Crippen LogP contribution >= 0.6 is 0 Å². The third-order valence-electron chi connectivity index (χ3n) is 6.37. The molecule has 0 unspecified atom stereocenters. The lowest BCUT2D eigenvalue weighted by Gasteiger charge is -2.25. The molecule has 0 bridgehead atoms. The molecule has 180 valence electrons. The Bertz CT molecular complexity index is 1520. The second-order valence-electron chi connectivity index (χ2n) is 8.46. The summed E-state index contributed by atoms with van der Waals surface area (Å²) in [5, 5.41) is 23.2. The van der Waals surface area contributed by atoms with Crippen molar-refractivity contribution >= 4 is 34.0 Å². The Morgan fingerprint density at radius 3 is 2.42 bits per heavy atom. The number of Topliss-reactive ketones (excluding diaryl/α,β-unsaturated/α-hetero) is 1. The number of halogens is 1. The van der Waals surface area contributed by atoms with Crippen molar-refractivity contribution in [3.8, 4) is 0 Å². The maximum atomic E-state index is 13.4. The van der Waals surface area contributed by atoms with Gasteiger partial charge in [0, 0.05) is 41.3 Å². The topological polar surface area (TPSA) is 117 Å². The zero-order valence-electron chi connectivity index (χ0n) is 18.8. The summed E-state index contributed by atoms with van der Waals surface area (Å²) >= 11 is 0. The maximum absolute atomic E-state index is 13.4. The van der Waals surface area contributed by atoms with Gasteiger partial charge < -0.3 is 15.0 Å². The number of hydrogen-bond acceptors (Lipinski definition) is 5. The zero-order chi connectivity index (χ0) is 25.4. The fourth-order valence-corrected chi connectivity index (χ4v) is 4.58. The largest absolute Gasteiger partial charge is 0.507 e. The van der Waals surface area contributed by atoms with E-state index in [-0.39, 0.29) is 23.4 Å². The number of non-ortho nitro benzene ring substituents is 1. The first kappa shape index (κ1) is 23.0. The summed E-state index contributed by atoms with van der Waals surface area (Å²) in [5.74, 6) is -2.62. The number of fused-ring (bicyclic) bond motifs is 1. The van der Waals surface area contributed by atoms with Gasteiger partial charge in [-0.15, -0.1) is 0 Å². The van der Waals surface area contributed by atoms with E-state index in [9.17, 15) is 29.2 Å². The fourth-order valence-electron chi connectivity index (χ4n) is 4.58. The fraction of sp³-hybridized carbons (Fsp3) is 0.111. The molecule has 1 saturated heterocycles. The molecule has 0 aliphatic carbocycles. The van der Waals surface area contributed by atoms with Crippen LogP contribution in [-0.2, 0) is 16.0 Å². The predicted octanol–water partition coefficient (Wildman–Crippen LogP) is 4.88. The minimum atomic E-state index is -0.971. The molecule has 0 saturated carbocycles. The molecular weight excluding hydrogens is 465 g/mol. The molecule has 1 aliphatic heterocycles. The number of nitrogens with one attached hydrogen (secondary N) is 1. The first-order valence-electron chi connectivity index (χ1n) is 11.2. The second-order valence-corrected chi connectivity index (χ2v) is 8.46. The van der Waals surface area contributed by atoms with Gasteiger partial charge >= 0.3 is 0 Å². The summed E-state index contributed by atoms with van der Waals surface area (Å²) in [6.07, 6.45) is 2.28. The molecule has 9 heteroatoms. The first-order valence-corrected chi connectivity index (χ1v) is 11.2. The minimum absolute atomic E-state index is 0.145. The van der Waals surface area contributed by atoms with Crippen LogP contribution in [0.1, 0.15) is 22.7 Å². The number of carbonyl (C=O) groups is 2. The number of aromatic amines is 1. The van der Waals surface area contributed by atoms with E-state index in [0.29, 0.717) is 12.0 Å². The van der Waals surface area contributed by atoms with E-state index in [1.807, 2.05) is 30.5 Å². The van der Waals surface area contributed by atoms with Gasteiger partial charge in [0.15, 0.2) is 0 Å². The number of H-pyrrole nitrogens is 1. The third kappa shape index (κ3) is 4.00. The Hall–Kier alpha value is -4.79. The van der Waals surface area contributed by atoms with Crippen LogP contribution in [0.4, 0.5) is 10.1 Å². The summed E-state index contributed by atoms with van der Waals surface area (Å²) in [5.41, 5.74) is 2.21. The Balaban J connectivity index is 1.57. The molecule has 5 rings (SSSR count). The van der Waals surface area contributed by atoms with E-state index in [4.69, 9.17) is 0 Å². The van der Waals surface area contributed by atoms with E-state index in [1.54, 1.807) is 0 Å². The van der Waals surface area contributed by atoms with Crippen molar-refractivity contribution in [2.24, 2.45) is 0 Å². The lowest BCUT2D eigenvalue weighted by molar-refractivity contribution is -0.384. The molecule has 3 aromatic carbocycles. The Morgan fingerprint density at radius 2 is 1.72 bits per heavy atom. The average molecular weight is 485 g/mol. The normalized spacial score (nSPS) is 17.1. The first-order chi connectivity index (χ1) is 17.3. The van der Waals surface area contributed by atoms with E-state index in [2.05, 4.69) is 4.98 Å². The molecule has 8 nitrogen and oxygen atoms in total. The number of nitro benzene ring substituents is 1. The average Bonchev–Trinajstić information content (AvgIpc) is 3.41. The molecule has 36 heavy (non-hydrogen) atoms. The molecule has 1 amide bonds. The van der Waals surface area contributed by atoms with Gasteiger partial charge in [0.25, 0.3) is 17.4 Å². The van der Waals surface area contributed by atoms with Crippen molar-refractivity contribution in [3.63, 3.8) is 0 Å².